The molecule has 120 valence electrons. The van der Waals surface area contributed by atoms with Crippen LogP contribution in [-0.4, -0.2) is 43.3 Å². The Bertz CT molecular complexity index is 465. The van der Waals surface area contributed by atoms with E-state index in [1.807, 2.05) is 0 Å². The van der Waals surface area contributed by atoms with Crippen LogP contribution in [0.5, 0.6) is 0 Å². The first kappa shape index (κ1) is 17.9. The van der Waals surface area contributed by atoms with E-state index in [9.17, 15) is 4.79 Å². The van der Waals surface area contributed by atoms with Crippen LogP contribution < -0.4 is 10.9 Å². The van der Waals surface area contributed by atoms with Crippen LogP contribution in [0.2, 0.25) is 5.02 Å². The van der Waals surface area contributed by atoms with Gasteiger partial charge < -0.3 is 14.8 Å². The van der Waals surface area contributed by atoms with Gasteiger partial charge in [-0.05, 0) is 12.8 Å². The summed E-state index contributed by atoms with van der Waals surface area (Å²) in [5.74, 6) is 0. The van der Waals surface area contributed by atoms with Gasteiger partial charge in [-0.25, -0.2) is 4.68 Å². The van der Waals surface area contributed by atoms with Crippen molar-refractivity contribution >= 4 is 17.3 Å². The zero-order valence-corrected chi connectivity index (χ0v) is 13.5. The Labute approximate surface area is 130 Å². The molecule has 0 saturated heterocycles. The summed E-state index contributed by atoms with van der Waals surface area (Å²) in [6.07, 6.45) is 4.34. The van der Waals surface area contributed by atoms with Gasteiger partial charge in [0.25, 0.3) is 5.56 Å². The van der Waals surface area contributed by atoms with Gasteiger partial charge in [-0.3, -0.25) is 4.79 Å². The average Bonchev–Trinajstić information content (AvgIpc) is 2.49. The zero-order valence-electron chi connectivity index (χ0n) is 12.7. The van der Waals surface area contributed by atoms with Crippen LogP contribution in [0.25, 0.3) is 0 Å². The summed E-state index contributed by atoms with van der Waals surface area (Å²) in [5.41, 5.74) is 0.331. The van der Waals surface area contributed by atoms with Crippen molar-refractivity contribution in [2.45, 2.75) is 32.7 Å². The minimum Gasteiger partial charge on any atom is -0.382 e. The number of hydrogen-bond acceptors (Lipinski definition) is 5. The number of hydrogen-bond donors (Lipinski definition) is 1. The molecule has 0 bridgehead atoms. The first-order valence-electron chi connectivity index (χ1n) is 7.26. The highest BCUT2D eigenvalue weighted by atomic mass is 35.5. The van der Waals surface area contributed by atoms with E-state index in [1.54, 1.807) is 13.3 Å². The third-order valence-electron chi connectivity index (χ3n) is 2.92. The van der Waals surface area contributed by atoms with Crippen LogP contribution >= 0.6 is 11.6 Å². The fraction of sp³-hybridized carbons (Fsp3) is 0.714. The number of ether oxygens (including phenoxy) is 2. The molecule has 1 aromatic heterocycles. The summed E-state index contributed by atoms with van der Waals surface area (Å²) in [6.45, 7) is 5.16. The molecule has 1 N–H and O–H groups in total. The molecule has 0 saturated carbocycles. The maximum absolute atomic E-state index is 12.0. The van der Waals surface area contributed by atoms with Crippen molar-refractivity contribution < 1.29 is 9.47 Å². The minimum atomic E-state index is -0.244. The summed E-state index contributed by atoms with van der Waals surface area (Å²) < 4.78 is 11.6. The number of anilines is 1. The second-order valence-electron chi connectivity index (χ2n) is 4.64. The molecule has 0 fully saturated rings. The molecule has 0 aliphatic rings. The van der Waals surface area contributed by atoms with E-state index in [0.29, 0.717) is 38.6 Å². The summed E-state index contributed by atoms with van der Waals surface area (Å²) in [5, 5.41) is 7.43. The van der Waals surface area contributed by atoms with Crippen molar-refractivity contribution in [3.8, 4) is 0 Å². The summed E-state index contributed by atoms with van der Waals surface area (Å²) in [6, 6.07) is 0. The molecule has 1 heterocycles. The van der Waals surface area contributed by atoms with Crippen LogP contribution in [0.4, 0.5) is 5.69 Å². The quantitative estimate of drug-likeness (QED) is 0.634. The number of aromatic nitrogens is 2. The van der Waals surface area contributed by atoms with Gasteiger partial charge in [0.1, 0.15) is 5.02 Å². The Balaban J connectivity index is 2.38. The lowest BCUT2D eigenvalue weighted by Gasteiger charge is -2.10. The fourth-order valence-electron chi connectivity index (χ4n) is 1.70. The van der Waals surface area contributed by atoms with Gasteiger partial charge in [0.2, 0.25) is 0 Å². The predicted octanol–water partition coefficient (Wildman–Crippen LogP) is 2.16. The van der Waals surface area contributed by atoms with Crippen molar-refractivity contribution in [2.75, 3.05) is 38.8 Å². The Morgan fingerprint density at radius 3 is 2.86 bits per heavy atom. The maximum Gasteiger partial charge on any atom is 0.287 e. The highest BCUT2D eigenvalue weighted by molar-refractivity contribution is 6.32. The monoisotopic (exact) mass is 317 g/mol. The molecule has 7 heteroatoms. The molecule has 1 rings (SSSR count). The largest absolute Gasteiger partial charge is 0.382 e. The topological polar surface area (TPSA) is 65.4 Å². The highest BCUT2D eigenvalue weighted by Crippen LogP contribution is 2.15. The van der Waals surface area contributed by atoms with Crippen molar-refractivity contribution in [1.82, 2.24) is 9.78 Å². The zero-order chi connectivity index (χ0) is 15.5. The Morgan fingerprint density at radius 1 is 1.33 bits per heavy atom. The predicted molar refractivity (Wildman–Crippen MR) is 84.2 cm³/mol. The molecule has 0 unspecified atom stereocenters. The number of halogens is 1. The number of unbranched alkanes of at least 4 members (excludes halogenated alkanes) is 1. The lowest BCUT2D eigenvalue weighted by atomic mass is 10.3. The molecule has 21 heavy (non-hydrogen) atoms. The number of nitrogens with zero attached hydrogens (tertiary/aromatic N) is 2. The molecular weight excluding hydrogens is 294 g/mol. The Morgan fingerprint density at radius 2 is 2.14 bits per heavy atom. The SMILES string of the molecule is CCCCn1ncc(NCCCOCCOC)c(Cl)c1=O. The van der Waals surface area contributed by atoms with Crippen molar-refractivity contribution in [3.63, 3.8) is 0 Å². The molecule has 0 atom stereocenters. The molecular formula is C14H24ClN3O3. The first-order chi connectivity index (χ1) is 10.2. The molecule has 0 radical (unpaired) electrons. The van der Waals surface area contributed by atoms with Crippen LogP contribution in [0.3, 0.4) is 0 Å². The van der Waals surface area contributed by atoms with Gasteiger partial charge in [-0.1, -0.05) is 24.9 Å². The van der Waals surface area contributed by atoms with E-state index in [0.717, 1.165) is 19.3 Å². The van der Waals surface area contributed by atoms with Crippen molar-refractivity contribution in [1.29, 1.82) is 0 Å². The number of rotatable bonds is 11. The van der Waals surface area contributed by atoms with Crippen molar-refractivity contribution in [2.24, 2.45) is 0 Å². The second-order valence-corrected chi connectivity index (χ2v) is 5.02. The summed E-state index contributed by atoms with van der Waals surface area (Å²) >= 11 is 6.08. The highest BCUT2D eigenvalue weighted by Gasteiger charge is 2.08. The number of methoxy groups -OCH3 is 1. The van der Waals surface area contributed by atoms with E-state index in [1.165, 1.54) is 4.68 Å². The lowest BCUT2D eigenvalue weighted by Crippen LogP contribution is -2.24. The van der Waals surface area contributed by atoms with Crippen LogP contribution in [0.1, 0.15) is 26.2 Å². The summed E-state index contributed by atoms with van der Waals surface area (Å²) in [7, 11) is 1.64. The van der Waals surface area contributed by atoms with Gasteiger partial charge in [-0.15, -0.1) is 0 Å². The van der Waals surface area contributed by atoms with Gasteiger partial charge in [0.05, 0.1) is 25.1 Å². The van der Waals surface area contributed by atoms with E-state index in [4.69, 9.17) is 21.1 Å². The molecule has 0 aliphatic heterocycles. The van der Waals surface area contributed by atoms with Crippen molar-refractivity contribution in [3.05, 3.63) is 21.6 Å². The molecule has 0 aromatic carbocycles. The molecule has 0 aliphatic carbocycles. The van der Waals surface area contributed by atoms with Gasteiger partial charge in [-0.2, -0.15) is 5.10 Å². The van der Waals surface area contributed by atoms with E-state index >= 15 is 0 Å². The van der Waals surface area contributed by atoms with Gasteiger partial charge >= 0.3 is 0 Å². The third-order valence-corrected chi connectivity index (χ3v) is 3.29. The molecule has 0 spiro atoms. The van der Waals surface area contributed by atoms with Gasteiger partial charge in [0.15, 0.2) is 0 Å². The number of aryl methyl sites for hydroxylation is 1. The number of nitrogens with one attached hydrogen (secondary N) is 1. The van der Waals surface area contributed by atoms with Gasteiger partial charge in [0, 0.05) is 26.8 Å². The Kier molecular flexibility index (Phi) is 9.05. The second kappa shape index (κ2) is 10.6. The minimum absolute atomic E-state index is 0.196. The van der Waals surface area contributed by atoms with Crippen LogP contribution in [0, 0.1) is 0 Å². The van der Waals surface area contributed by atoms with Crippen LogP contribution in [-0.2, 0) is 16.0 Å². The summed E-state index contributed by atoms with van der Waals surface area (Å²) in [4.78, 5) is 12.0. The smallest absolute Gasteiger partial charge is 0.287 e. The standard InChI is InChI=1S/C14H24ClN3O3/c1-3-4-7-18-14(19)13(15)12(11-17-18)16-6-5-8-21-10-9-20-2/h11,16H,3-10H2,1-2H3. The van der Waals surface area contributed by atoms with Crippen LogP contribution in [0.15, 0.2) is 11.0 Å². The normalized spacial score (nSPS) is 10.8. The first-order valence-corrected chi connectivity index (χ1v) is 7.64. The maximum atomic E-state index is 12.0. The molecule has 0 amide bonds. The molecule has 6 nitrogen and oxygen atoms in total. The molecule has 1 aromatic rings. The van der Waals surface area contributed by atoms with E-state index in [2.05, 4.69) is 17.3 Å². The van der Waals surface area contributed by atoms with E-state index < -0.39 is 0 Å². The average molecular weight is 318 g/mol. The lowest BCUT2D eigenvalue weighted by molar-refractivity contribution is 0.0705. The third kappa shape index (κ3) is 6.46. The van der Waals surface area contributed by atoms with E-state index in [-0.39, 0.29) is 10.6 Å². The fourth-order valence-corrected chi connectivity index (χ4v) is 1.91. The Hall–Kier alpha value is -1.11.